The van der Waals surface area contributed by atoms with Gasteiger partial charge in [0, 0.05) is 39.0 Å². The number of hydrogen-bond donors (Lipinski definition) is 0. The molecule has 2 aromatic heterocycles. The predicted molar refractivity (Wildman–Crippen MR) is 338 cm³/mol. The zero-order valence-corrected chi connectivity index (χ0v) is 44.9. The summed E-state index contributed by atoms with van der Waals surface area (Å²) in [7, 11) is 0. The Hall–Kier alpha value is -10.6. The molecule has 14 aromatic rings. The highest BCUT2D eigenvalue weighted by Gasteiger charge is 2.49. The van der Waals surface area contributed by atoms with E-state index in [2.05, 4.69) is 331 Å². The third kappa shape index (κ3) is 7.00. The van der Waals surface area contributed by atoms with Crippen LogP contribution in [-0.2, 0) is 10.8 Å². The smallest absolute Gasteiger partial charge is 0.101 e. The number of benzene rings is 12. The highest BCUT2D eigenvalue weighted by molar-refractivity contribution is 6.10. The number of aromatic nitrogens is 2. The SMILES string of the molecule is c1ccc(-c2nn3c(-c4ccccc4)cc4ccc(N(c5ccc6c(c5)C(c5ccccc5)(c5ccccc5)c5ccccc5-6)c5cccc6c5-c5ccccc5C6(c5ccccc5)c5ccccc5)cc4c3c2-c2ccccc2)cc1. The summed E-state index contributed by atoms with van der Waals surface area (Å²) < 4.78 is 2.21. The third-order valence-corrected chi connectivity index (χ3v) is 17.5. The highest BCUT2D eigenvalue weighted by Crippen LogP contribution is 2.61. The largest absolute Gasteiger partial charge is 0.310 e. The van der Waals surface area contributed by atoms with E-state index in [1.807, 2.05) is 0 Å². The number of hydrogen-bond acceptors (Lipinski definition) is 2. The van der Waals surface area contributed by atoms with Crippen molar-refractivity contribution in [1.29, 1.82) is 0 Å². The second-order valence-electron chi connectivity index (χ2n) is 21.7. The van der Waals surface area contributed by atoms with Gasteiger partial charge >= 0.3 is 0 Å². The van der Waals surface area contributed by atoms with Crippen molar-refractivity contribution in [3.8, 4) is 55.9 Å². The molecule has 0 radical (unpaired) electrons. The lowest BCUT2D eigenvalue weighted by molar-refractivity contribution is 0.768. The summed E-state index contributed by atoms with van der Waals surface area (Å²) in [4.78, 5) is 2.56. The number of anilines is 3. The normalized spacial score (nSPS) is 13.3. The maximum absolute atomic E-state index is 5.66. The van der Waals surface area contributed by atoms with Crippen LogP contribution in [-0.4, -0.2) is 9.61 Å². The minimum absolute atomic E-state index is 0.606. The van der Waals surface area contributed by atoms with Gasteiger partial charge < -0.3 is 4.90 Å². The van der Waals surface area contributed by atoms with Crippen LogP contribution in [0.1, 0.15) is 44.5 Å². The van der Waals surface area contributed by atoms with Crippen molar-refractivity contribution in [1.82, 2.24) is 9.61 Å². The summed E-state index contributed by atoms with van der Waals surface area (Å²) in [5.74, 6) is 0. The zero-order valence-electron chi connectivity index (χ0n) is 44.9. The molecule has 12 aromatic carbocycles. The first-order valence-electron chi connectivity index (χ1n) is 28.4. The number of fused-ring (bicyclic) bond motifs is 9. The Kier molecular flexibility index (Phi) is 11.0. The first-order chi connectivity index (χ1) is 40.7. The van der Waals surface area contributed by atoms with Gasteiger partial charge in [0.15, 0.2) is 0 Å². The average Bonchev–Trinajstić information content (AvgIpc) is 2.68. The van der Waals surface area contributed by atoms with Gasteiger partial charge in [-0.3, -0.25) is 0 Å². The van der Waals surface area contributed by atoms with Gasteiger partial charge in [0.1, 0.15) is 5.69 Å². The molecule has 0 atom stereocenters. The predicted octanol–water partition coefficient (Wildman–Crippen LogP) is 19.7. The monoisotopic (exact) mass is 1040 g/mol. The fourth-order valence-electron chi connectivity index (χ4n) is 14.2. The summed E-state index contributed by atoms with van der Waals surface area (Å²) in [6.45, 7) is 0. The molecule has 0 fully saturated rings. The molecule has 2 aliphatic carbocycles. The molecule has 0 spiro atoms. The minimum Gasteiger partial charge on any atom is -0.310 e. The van der Waals surface area contributed by atoms with Crippen molar-refractivity contribution >= 4 is 33.4 Å². The van der Waals surface area contributed by atoms with Crippen LogP contribution in [0.3, 0.4) is 0 Å². The molecule has 2 heterocycles. The van der Waals surface area contributed by atoms with E-state index in [1.165, 1.54) is 66.8 Å². The summed E-state index contributed by atoms with van der Waals surface area (Å²) >= 11 is 0. The fourth-order valence-corrected chi connectivity index (χ4v) is 14.2. The van der Waals surface area contributed by atoms with E-state index in [9.17, 15) is 0 Å². The molecular formula is C79H53N3. The minimum atomic E-state index is -0.615. The van der Waals surface area contributed by atoms with Crippen molar-refractivity contribution in [3.05, 3.63) is 366 Å². The summed E-state index contributed by atoms with van der Waals surface area (Å²) in [6.07, 6.45) is 0. The molecule has 82 heavy (non-hydrogen) atoms. The van der Waals surface area contributed by atoms with Crippen LogP contribution in [0.25, 0.3) is 72.2 Å². The Labute approximate surface area is 478 Å². The number of nitrogens with zero attached hydrogens (tertiary/aromatic N) is 3. The average molecular weight is 1040 g/mol. The topological polar surface area (TPSA) is 20.5 Å². The molecule has 0 bridgehead atoms. The van der Waals surface area contributed by atoms with E-state index in [-0.39, 0.29) is 0 Å². The molecule has 3 heteroatoms. The van der Waals surface area contributed by atoms with E-state index in [0.717, 1.165) is 67.0 Å². The zero-order chi connectivity index (χ0) is 54.2. The van der Waals surface area contributed by atoms with Crippen LogP contribution in [0.4, 0.5) is 17.1 Å². The number of pyridine rings is 1. The van der Waals surface area contributed by atoms with Gasteiger partial charge in [-0.25, -0.2) is 4.52 Å². The summed E-state index contributed by atoms with van der Waals surface area (Å²) in [6, 6.07) is 119. The van der Waals surface area contributed by atoms with Crippen molar-refractivity contribution < 1.29 is 0 Å². The number of rotatable bonds is 10. The van der Waals surface area contributed by atoms with Crippen LogP contribution < -0.4 is 4.90 Å². The van der Waals surface area contributed by atoms with Crippen molar-refractivity contribution in [2.75, 3.05) is 4.90 Å². The van der Waals surface area contributed by atoms with Crippen LogP contribution in [0.5, 0.6) is 0 Å². The fraction of sp³-hybridized carbons (Fsp3) is 0.0253. The molecule has 384 valence electrons. The molecule has 0 N–H and O–H groups in total. The van der Waals surface area contributed by atoms with Crippen molar-refractivity contribution in [2.24, 2.45) is 0 Å². The second-order valence-corrected chi connectivity index (χ2v) is 21.7. The summed E-state index contributed by atoms with van der Waals surface area (Å²) in [5.41, 5.74) is 24.2. The van der Waals surface area contributed by atoms with Crippen LogP contribution >= 0.6 is 0 Å². The molecule has 0 unspecified atom stereocenters. The van der Waals surface area contributed by atoms with Gasteiger partial charge in [-0.2, -0.15) is 5.10 Å². The van der Waals surface area contributed by atoms with E-state index in [0.29, 0.717) is 0 Å². The van der Waals surface area contributed by atoms with Crippen molar-refractivity contribution in [2.45, 2.75) is 10.8 Å². The lowest BCUT2D eigenvalue weighted by Crippen LogP contribution is -2.29. The maximum atomic E-state index is 5.66. The standard InChI is InChI=1S/C79H53N3/c1-8-27-54(28-9-1)73-51-57-47-48-62(52-67(57)77-74(55-29-10-2-11-30-55)76(80-82(73)77)56-31-12-3-13-32-56)81(63-49-50-65-64-41-22-24-43-68(64)79(71(65)53-63,60-37-18-6-19-38-60)61-39-20-7-21-40-61)72-46-26-45-70-75(72)66-42-23-25-44-69(66)78(70,58-33-14-4-15-34-58)59-35-16-5-17-36-59/h1-53H. The van der Waals surface area contributed by atoms with Crippen LogP contribution in [0.2, 0.25) is 0 Å². The van der Waals surface area contributed by atoms with Gasteiger partial charge in [-0.1, -0.05) is 285 Å². The summed E-state index contributed by atoms with van der Waals surface area (Å²) in [5, 5.41) is 7.88. The molecule has 0 saturated heterocycles. The van der Waals surface area contributed by atoms with Crippen molar-refractivity contribution in [3.63, 3.8) is 0 Å². The van der Waals surface area contributed by atoms with Gasteiger partial charge in [-0.15, -0.1) is 0 Å². The molecule has 0 aliphatic heterocycles. The van der Waals surface area contributed by atoms with E-state index < -0.39 is 10.8 Å². The van der Waals surface area contributed by atoms with Gasteiger partial charge in [0.05, 0.1) is 27.7 Å². The Morgan fingerprint density at radius 2 is 0.744 bits per heavy atom. The van der Waals surface area contributed by atoms with Crippen LogP contribution in [0.15, 0.2) is 322 Å². The molecule has 0 saturated carbocycles. The lowest BCUT2D eigenvalue weighted by atomic mass is 9.67. The second kappa shape index (κ2) is 19.0. The Bertz CT molecular complexity index is 4630. The van der Waals surface area contributed by atoms with E-state index in [4.69, 9.17) is 5.10 Å². The highest BCUT2D eigenvalue weighted by atomic mass is 15.2. The molecule has 16 rings (SSSR count). The lowest BCUT2D eigenvalue weighted by Gasteiger charge is -2.35. The van der Waals surface area contributed by atoms with Crippen LogP contribution in [0, 0.1) is 0 Å². The maximum Gasteiger partial charge on any atom is 0.101 e. The first kappa shape index (κ1) is 47.4. The Morgan fingerprint density at radius 1 is 0.305 bits per heavy atom. The van der Waals surface area contributed by atoms with E-state index >= 15 is 0 Å². The Morgan fingerprint density at radius 3 is 1.33 bits per heavy atom. The molecule has 2 aliphatic rings. The molecule has 3 nitrogen and oxygen atoms in total. The van der Waals surface area contributed by atoms with Gasteiger partial charge in [-0.05, 0) is 109 Å². The molecule has 0 amide bonds. The quantitative estimate of drug-likeness (QED) is 0.136. The molecular weight excluding hydrogens is 991 g/mol. The third-order valence-electron chi connectivity index (χ3n) is 17.5. The Balaban J connectivity index is 1.04. The van der Waals surface area contributed by atoms with Gasteiger partial charge in [0.25, 0.3) is 0 Å². The first-order valence-corrected chi connectivity index (χ1v) is 28.4. The van der Waals surface area contributed by atoms with Gasteiger partial charge in [0.2, 0.25) is 0 Å². The van der Waals surface area contributed by atoms with E-state index in [1.54, 1.807) is 0 Å².